The van der Waals surface area contributed by atoms with Crippen molar-refractivity contribution in [3.05, 3.63) is 17.7 Å². The molecular weight excluding hydrogens is 193 g/mol. The third kappa shape index (κ3) is 2.08. The second kappa shape index (κ2) is 3.00. The van der Waals surface area contributed by atoms with Crippen molar-refractivity contribution in [2.45, 2.75) is 32.4 Å². The molecule has 1 aromatic rings. The fourth-order valence-electron chi connectivity index (χ4n) is 1.09. The van der Waals surface area contributed by atoms with Crippen molar-refractivity contribution < 1.29 is 13.2 Å². The average Bonchev–Trinajstić information content (AvgIpc) is 2.27. The van der Waals surface area contributed by atoms with Crippen LogP contribution in [0.4, 0.5) is 13.2 Å². The zero-order valence-corrected chi connectivity index (χ0v) is 8.61. The summed E-state index contributed by atoms with van der Waals surface area (Å²) in [5, 5.41) is 0. The third-order valence-corrected chi connectivity index (χ3v) is 1.90. The van der Waals surface area contributed by atoms with E-state index < -0.39 is 12.0 Å². The molecule has 0 spiro atoms. The highest BCUT2D eigenvalue weighted by atomic mass is 19.4. The SMILES string of the molecule is Cn1cc(C(C)(C)C)nc1C(F)(F)F. The lowest BCUT2D eigenvalue weighted by atomic mass is 9.93. The molecule has 5 heteroatoms. The number of imidazole rings is 1. The second-order valence-electron chi connectivity index (χ2n) is 4.31. The lowest BCUT2D eigenvalue weighted by molar-refractivity contribution is -0.146. The van der Waals surface area contributed by atoms with E-state index in [-0.39, 0.29) is 5.41 Å². The number of hydrogen-bond acceptors (Lipinski definition) is 1. The van der Waals surface area contributed by atoms with Gasteiger partial charge in [-0.05, 0) is 0 Å². The monoisotopic (exact) mass is 206 g/mol. The van der Waals surface area contributed by atoms with Gasteiger partial charge >= 0.3 is 6.18 Å². The van der Waals surface area contributed by atoms with E-state index in [4.69, 9.17) is 0 Å². The van der Waals surface area contributed by atoms with E-state index in [0.29, 0.717) is 5.69 Å². The summed E-state index contributed by atoms with van der Waals surface area (Å²) >= 11 is 0. The van der Waals surface area contributed by atoms with Crippen LogP contribution < -0.4 is 0 Å². The Balaban J connectivity index is 3.19. The first-order valence-corrected chi connectivity index (χ1v) is 4.23. The van der Waals surface area contributed by atoms with E-state index in [2.05, 4.69) is 4.98 Å². The lowest BCUT2D eigenvalue weighted by Gasteiger charge is -2.14. The minimum absolute atomic E-state index is 0.360. The number of aryl methyl sites for hydroxylation is 1. The maximum Gasteiger partial charge on any atom is 0.449 e. The van der Waals surface area contributed by atoms with Crippen LogP contribution in [0.15, 0.2) is 6.20 Å². The Morgan fingerprint density at radius 1 is 1.21 bits per heavy atom. The molecule has 0 atom stereocenters. The highest BCUT2D eigenvalue weighted by Gasteiger charge is 2.37. The van der Waals surface area contributed by atoms with E-state index in [0.717, 1.165) is 4.57 Å². The summed E-state index contributed by atoms with van der Waals surface area (Å²) in [6.45, 7) is 5.49. The molecule has 0 saturated carbocycles. The number of nitrogens with zero attached hydrogens (tertiary/aromatic N) is 2. The minimum Gasteiger partial charge on any atom is -0.330 e. The van der Waals surface area contributed by atoms with Crippen LogP contribution >= 0.6 is 0 Å². The first kappa shape index (κ1) is 11.1. The number of hydrogen-bond donors (Lipinski definition) is 0. The molecule has 2 nitrogen and oxygen atoms in total. The van der Waals surface area contributed by atoms with Gasteiger partial charge in [0.15, 0.2) is 0 Å². The van der Waals surface area contributed by atoms with Crippen LogP contribution in [0, 0.1) is 0 Å². The third-order valence-electron chi connectivity index (χ3n) is 1.90. The molecule has 0 bridgehead atoms. The van der Waals surface area contributed by atoms with Gasteiger partial charge in [0.2, 0.25) is 5.82 Å². The van der Waals surface area contributed by atoms with Gasteiger partial charge in [0.1, 0.15) is 0 Å². The van der Waals surface area contributed by atoms with Crippen molar-refractivity contribution in [2.24, 2.45) is 7.05 Å². The van der Waals surface area contributed by atoms with E-state index >= 15 is 0 Å². The van der Waals surface area contributed by atoms with Gasteiger partial charge in [-0.15, -0.1) is 0 Å². The summed E-state index contributed by atoms with van der Waals surface area (Å²) in [6, 6.07) is 0. The van der Waals surface area contributed by atoms with Crippen molar-refractivity contribution >= 4 is 0 Å². The highest BCUT2D eigenvalue weighted by Crippen LogP contribution is 2.30. The maximum absolute atomic E-state index is 12.4. The van der Waals surface area contributed by atoms with Crippen molar-refractivity contribution in [2.75, 3.05) is 0 Å². The molecule has 0 unspecified atom stereocenters. The molecule has 0 saturated heterocycles. The van der Waals surface area contributed by atoms with E-state index in [1.54, 1.807) is 0 Å². The largest absolute Gasteiger partial charge is 0.449 e. The van der Waals surface area contributed by atoms with Gasteiger partial charge < -0.3 is 4.57 Å². The molecule has 0 radical (unpaired) electrons. The smallest absolute Gasteiger partial charge is 0.330 e. The fraction of sp³-hybridized carbons (Fsp3) is 0.667. The number of aromatic nitrogens is 2. The van der Waals surface area contributed by atoms with Crippen LogP contribution in [0.3, 0.4) is 0 Å². The summed E-state index contributed by atoms with van der Waals surface area (Å²) in [4.78, 5) is 3.59. The zero-order chi connectivity index (χ0) is 11.1. The molecule has 0 N–H and O–H groups in total. The molecular formula is C9H13F3N2. The Morgan fingerprint density at radius 2 is 1.71 bits per heavy atom. The summed E-state index contributed by atoms with van der Waals surface area (Å²) in [5.74, 6) is -0.845. The average molecular weight is 206 g/mol. The van der Waals surface area contributed by atoms with E-state index in [9.17, 15) is 13.2 Å². The summed E-state index contributed by atoms with van der Waals surface area (Å²) in [6.07, 6.45) is -2.96. The predicted molar refractivity (Wildman–Crippen MR) is 46.9 cm³/mol. The number of halogens is 3. The highest BCUT2D eigenvalue weighted by molar-refractivity contribution is 5.14. The quantitative estimate of drug-likeness (QED) is 0.638. The number of rotatable bonds is 0. The van der Waals surface area contributed by atoms with Crippen LogP contribution in [0.2, 0.25) is 0 Å². The van der Waals surface area contributed by atoms with E-state index in [1.807, 2.05) is 20.8 Å². The van der Waals surface area contributed by atoms with Crippen LogP contribution in [0.1, 0.15) is 32.3 Å². The Labute approximate surface area is 80.8 Å². The van der Waals surface area contributed by atoms with Crippen molar-refractivity contribution in [3.8, 4) is 0 Å². The maximum atomic E-state index is 12.4. The molecule has 80 valence electrons. The van der Waals surface area contributed by atoms with Crippen LogP contribution in [-0.2, 0) is 18.6 Å². The lowest BCUT2D eigenvalue weighted by Crippen LogP contribution is -2.14. The molecule has 1 heterocycles. The fourth-order valence-corrected chi connectivity index (χ4v) is 1.09. The molecule has 0 aliphatic heterocycles. The van der Waals surface area contributed by atoms with Crippen molar-refractivity contribution in [3.63, 3.8) is 0 Å². The van der Waals surface area contributed by atoms with Gasteiger partial charge in [0.25, 0.3) is 0 Å². The minimum atomic E-state index is -4.38. The van der Waals surface area contributed by atoms with E-state index in [1.165, 1.54) is 13.2 Å². The molecule has 0 amide bonds. The van der Waals surface area contributed by atoms with Crippen LogP contribution in [-0.4, -0.2) is 9.55 Å². The first-order valence-electron chi connectivity index (χ1n) is 4.23. The van der Waals surface area contributed by atoms with Crippen molar-refractivity contribution in [1.82, 2.24) is 9.55 Å². The van der Waals surface area contributed by atoms with Crippen molar-refractivity contribution in [1.29, 1.82) is 0 Å². The topological polar surface area (TPSA) is 17.8 Å². The van der Waals surface area contributed by atoms with Crippen LogP contribution in [0.5, 0.6) is 0 Å². The second-order valence-corrected chi connectivity index (χ2v) is 4.31. The van der Waals surface area contributed by atoms with Gasteiger partial charge in [-0.3, -0.25) is 0 Å². The van der Waals surface area contributed by atoms with Gasteiger partial charge in [-0.1, -0.05) is 20.8 Å². The molecule has 14 heavy (non-hydrogen) atoms. The Morgan fingerprint density at radius 3 is 1.93 bits per heavy atom. The predicted octanol–water partition coefficient (Wildman–Crippen LogP) is 2.74. The molecule has 1 rings (SSSR count). The van der Waals surface area contributed by atoms with Gasteiger partial charge in [0.05, 0.1) is 5.69 Å². The standard InChI is InChI=1S/C9H13F3N2/c1-8(2,3)6-5-14(4)7(13-6)9(10,11)12/h5H,1-4H3. The number of alkyl halides is 3. The first-order chi connectivity index (χ1) is 6.12. The molecule has 0 aromatic carbocycles. The van der Waals surface area contributed by atoms with Crippen LogP contribution in [0.25, 0.3) is 0 Å². The van der Waals surface area contributed by atoms with Gasteiger partial charge in [-0.25, -0.2) is 4.98 Å². The summed E-state index contributed by atoms with van der Waals surface area (Å²) in [5.41, 5.74) is 0.0914. The summed E-state index contributed by atoms with van der Waals surface area (Å²) < 4.78 is 38.1. The van der Waals surface area contributed by atoms with Gasteiger partial charge in [-0.2, -0.15) is 13.2 Å². The normalized spacial score (nSPS) is 13.4. The molecule has 0 fully saturated rings. The molecule has 0 aliphatic rings. The Bertz CT molecular complexity index is 331. The molecule has 0 aliphatic carbocycles. The Hall–Kier alpha value is -1.00. The van der Waals surface area contributed by atoms with Gasteiger partial charge in [0, 0.05) is 18.7 Å². The Kier molecular flexibility index (Phi) is 2.37. The zero-order valence-electron chi connectivity index (χ0n) is 8.61. The summed E-state index contributed by atoms with van der Waals surface area (Å²) in [7, 11) is 1.35. The molecule has 1 aromatic heterocycles.